The van der Waals surface area contributed by atoms with E-state index < -0.39 is 5.97 Å². The van der Waals surface area contributed by atoms with E-state index in [-0.39, 0.29) is 29.8 Å². The fourth-order valence-electron chi connectivity index (χ4n) is 4.57. The molecule has 2 heterocycles. The Morgan fingerprint density at radius 2 is 1.81 bits per heavy atom. The molecule has 0 aliphatic carbocycles. The van der Waals surface area contributed by atoms with Crippen LogP contribution in [0.1, 0.15) is 51.0 Å². The lowest BCUT2D eigenvalue weighted by atomic mass is 9.83. The summed E-state index contributed by atoms with van der Waals surface area (Å²) in [7, 11) is 0. The van der Waals surface area contributed by atoms with Crippen LogP contribution < -0.4 is 0 Å². The maximum absolute atomic E-state index is 12.9. The minimum absolute atomic E-state index is 0.188. The van der Waals surface area contributed by atoms with Gasteiger partial charge in [0.05, 0.1) is 12.0 Å². The molecule has 1 N–H and O–H groups in total. The Bertz CT molecular complexity index is 637. The highest BCUT2D eigenvalue weighted by Crippen LogP contribution is 2.34. The Labute approximate surface area is 161 Å². The van der Waals surface area contributed by atoms with Crippen molar-refractivity contribution >= 4 is 11.9 Å². The van der Waals surface area contributed by atoms with Gasteiger partial charge in [0, 0.05) is 26.1 Å². The smallest absolute Gasteiger partial charge is 0.309 e. The largest absolute Gasteiger partial charge is 0.481 e. The molecule has 0 aromatic heterocycles. The Hall–Kier alpha value is -1.88. The molecular formula is C22H31NO4. The van der Waals surface area contributed by atoms with E-state index in [1.807, 2.05) is 23.1 Å². The van der Waals surface area contributed by atoms with E-state index in [2.05, 4.69) is 26.0 Å². The molecule has 2 saturated heterocycles. The number of carboxylic acid groups (broad SMARTS) is 1. The third-order valence-electron chi connectivity index (χ3n) is 6.24. The summed E-state index contributed by atoms with van der Waals surface area (Å²) < 4.78 is 5.73. The van der Waals surface area contributed by atoms with Crippen LogP contribution >= 0.6 is 0 Å². The van der Waals surface area contributed by atoms with Crippen molar-refractivity contribution < 1.29 is 19.4 Å². The Kier molecular flexibility index (Phi) is 6.53. The van der Waals surface area contributed by atoms with Gasteiger partial charge in [0.2, 0.25) is 5.91 Å². The molecule has 5 heteroatoms. The molecule has 5 nitrogen and oxygen atoms in total. The van der Waals surface area contributed by atoms with Crippen molar-refractivity contribution in [3.8, 4) is 0 Å². The molecule has 2 aliphatic heterocycles. The number of likely N-dealkylation sites (tertiary alicyclic amines) is 1. The quantitative estimate of drug-likeness (QED) is 0.828. The standard InChI is InChI=1S/C22H31NO4/c1-15(2)19(16-6-4-3-5-7-16)14-20(24)23-11-8-17(9-12-23)21-18(22(25)26)10-13-27-21/h3-7,15,17-19,21H,8-14H2,1-2H3,(H,25,26)/t18?,19?,21-/m0/s1. The van der Waals surface area contributed by atoms with Gasteiger partial charge in [-0.1, -0.05) is 44.2 Å². The number of aliphatic carboxylic acids is 1. The van der Waals surface area contributed by atoms with Crippen LogP contribution in [0.4, 0.5) is 0 Å². The molecule has 0 radical (unpaired) electrons. The number of carbonyl (C=O) groups excluding carboxylic acids is 1. The van der Waals surface area contributed by atoms with Crippen LogP contribution in [-0.2, 0) is 14.3 Å². The van der Waals surface area contributed by atoms with Gasteiger partial charge in [-0.3, -0.25) is 9.59 Å². The zero-order valence-corrected chi connectivity index (χ0v) is 16.3. The first-order valence-corrected chi connectivity index (χ1v) is 10.1. The molecule has 27 heavy (non-hydrogen) atoms. The normalized spacial score (nSPS) is 24.9. The molecular weight excluding hydrogens is 342 g/mol. The zero-order chi connectivity index (χ0) is 19.4. The number of carboxylic acids is 1. The third-order valence-corrected chi connectivity index (χ3v) is 6.24. The number of amides is 1. The maximum Gasteiger partial charge on any atom is 0.309 e. The van der Waals surface area contributed by atoms with Gasteiger partial charge in [0.25, 0.3) is 0 Å². The van der Waals surface area contributed by atoms with E-state index in [1.165, 1.54) is 5.56 Å². The molecule has 0 bridgehead atoms. The number of carbonyl (C=O) groups is 2. The van der Waals surface area contributed by atoms with Gasteiger partial charge in [-0.15, -0.1) is 0 Å². The minimum Gasteiger partial charge on any atom is -0.481 e. The molecule has 1 aromatic carbocycles. The molecule has 2 unspecified atom stereocenters. The summed E-state index contributed by atoms with van der Waals surface area (Å²) in [6.45, 7) is 6.28. The highest BCUT2D eigenvalue weighted by molar-refractivity contribution is 5.77. The zero-order valence-electron chi connectivity index (χ0n) is 16.3. The lowest BCUT2D eigenvalue weighted by molar-refractivity contribution is -0.146. The van der Waals surface area contributed by atoms with Gasteiger partial charge in [-0.05, 0) is 42.6 Å². The predicted molar refractivity (Wildman–Crippen MR) is 103 cm³/mol. The van der Waals surface area contributed by atoms with Gasteiger partial charge in [-0.2, -0.15) is 0 Å². The average Bonchev–Trinajstić information content (AvgIpc) is 3.16. The van der Waals surface area contributed by atoms with Crippen LogP contribution in [-0.4, -0.2) is 47.7 Å². The van der Waals surface area contributed by atoms with Crippen molar-refractivity contribution in [3.05, 3.63) is 35.9 Å². The van der Waals surface area contributed by atoms with Crippen LogP contribution in [0, 0.1) is 17.8 Å². The summed E-state index contributed by atoms with van der Waals surface area (Å²) in [5.41, 5.74) is 1.22. The Morgan fingerprint density at radius 3 is 2.41 bits per heavy atom. The van der Waals surface area contributed by atoms with Crippen molar-refractivity contribution in [2.24, 2.45) is 17.8 Å². The third kappa shape index (κ3) is 4.70. The SMILES string of the molecule is CC(C)C(CC(=O)N1CCC([C@@H]2OCCC2C(=O)O)CC1)c1ccccc1. The van der Waals surface area contributed by atoms with Gasteiger partial charge < -0.3 is 14.7 Å². The first-order chi connectivity index (χ1) is 13.0. The number of hydrogen-bond donors (Lipinski definition) is 1. The van der Waals surface area contributed by atoms with E-state index in [1.54, 1.807) is 0 Å². The summed E-state index contributed by atoms with van der Waals surface area (Å²) in [5, 5.41) is 9.37. The van der Waals surface area contributed by atoms with Gasteiger partial charge >= 0.3 is 5.97 Å². The first-order valence-electron chi connectivity index (χ1n) is 10.1. The fourth-order valence-corrected chi connectivity index (χ4v) is 4.57. The molecule has 2 fully saturated rings. The first kappa shape index (κ1) is 19.9. The molecule has 3 atom stereocenters. The molecule has 2 aliphatic rings. The molecule has 0 spiro atoms. The topological polar surface area (TPSA) is 66.8 Å². The predicted octanol–water partition coefficient (Wildman–Crippen LogP) is 3.54. The van der Waals surface area contributed by atoms with Gasteiger partial charge in [0.15, 0.2) is 0 Å². The van der Waals surface area contributed by atoms with E-state index in [9.17, 15) is 14.7 Å². The van der Waals surface area contributed by atoms with E-state index in [0.29, 0.717) is 38.5 Å². The lowest BCUT2D eigenvalue weighted by Crippen LogP contribution is -2.43. The summed E-state index contributed by atoms with van der Waals surface area (Å²) in [4.78, 5) is 26.2. The summed E-state index contributed by atoms with van der Waals surface area (Å²) in [5.74, 6) is -0.0619. The number of hydrogen-bond acceptors (Lipinski definition) is 3. The Balaban J connectivity index is 1.56. The minimum atomic E-state index is -0.751. The van der Waals surface area contributed by atoms with E-state index >= 15 is 0 Å². The van der Waals surface area contributed by atoms with Crippen LogP contribution in [0.3, 0.4) is 0 Å². The fraction of sp³-hybridized carbons (Fsp3) is 0.636. The lowest BCUT2D eigenvalue weighted by Gasteiger charge is -2.36. The molecule has 0 saturated carbocycles. The number of piperidine rings is 1. The van der Waals surface area contributed by atoms with E-state index in [0.717, 1.165) is 12.8 Å². The monoisotopic (exact) mass is 373 g/mol. The van der Waals surface area contributed by atoms with Crippen LogP contribution in [0.2, 0.25) is 0 Å². The molecule has 148 valence electrons. The summed E-state index contributed by atoms with van der Waals surface area (Å²) in [6, 6.07) is 10.3. The van der Waals surface area contributed by atoms with Crippen molar-refractivity contribution in [1.82, 2.24) is 4.90 Å². The number of rotatable bonds is 6. The van der Waals surface area contributed by atoms with Crippen molar-refractivity contribution in [3.63, 3.8) is 0 Å². The highest BCUT2D eigenvalue weighted by Gasteiger charge is 2.40. The summed E-state index contributed by atoms with van der Waals surface area (Å²) >= 11 is 0. The van der Waals surface area contributed by atoms with Crippen molar-refractivity contribution in [2.75, 3.05) is 19.7 Å². The summed E-state index contributed by atoms with van der Waals surface area (Å²) in [6.07, 6.45) is 2.61. The Morgan fingerprint density at radius 1 is 1.15 bits per heavy atom. The van der Waals surface area contributed by atoms with Crippen LogP contribution in [0.15, 0.2) is 30.3 Å². The second-order valence-corrected chi connectivity index (χ2v) is 8.25. The second-order valence-electron chi connectivity index (χ2n) is 8.25. The molecule has 3 rings (SSSR count). The number of benzene rings is 1. The van der Waals surface area contributed by atoms with E-state index in [4.69, 9.17) is 4.74 Å². The van der Waals surface area contributed by atoms with Gasteiger partial charge in [-0.25, -0.2) is 0 Å². The second kappa shape index (κ2) is 8.87. The molecule has 1 amide bonds. The van der Waals surface area contributed by atoms with Crippen LogP contribution in [0.5, 0.6) is 0 Å². The van der Waals surface area contributed by atoms with Crippen molar-refractivity contribution in [1.29, 1.82) is 0 Å². The number of nitrogens with zero attached hydrogens (tertiary/aromatic N) is 1. The average molecular weight is 373 g/mol. The molecule has 1 aromatic rings. The highest BCUT2D eigenvalue weighted by atomic mass is 16.5. The van der Waals surface area contributed by atoms with Gasteiger partial charge in [0.1, 0.15) is 0 Å². The maximum atomic E-state index is 12.9. The van der Waals surface area contributed by atoms with Crippen molar-refractivity contribution in [2.45, 2.75) is 51.6 Å². The van der Waals surface area contributed by atoms with Crippen LogP contribution in [0.25, 0.3) is 0 Å². The number of ether oxygens (including phenoxy) is 1.